The highest BCUT2D eigenvalue weighted by Gasteiger charge is 2.28. The lowest BCUT2D eigenvalue weighted by atomic mass is 9.95. The SMILES string of the molecule is CNc1nc(C2CCN(C)CC2)nc2c1CCN(C(=O)c1ccccn1)C2. The lowest BCUT2D eigenvalue weighted by molar-refractivity contribution is 0.0725. The van der Waals surface area contributed by atoms with E-state index < -0.39 is 0 Å². The van der Waals surface area contributed by atoms with Crippen molar-refractivity contribution in [2.75, 3.05) is 39.0 Å². The van der Waals surface area contributed by atoms with E-state index in [1.807, 2.05) is 24.1 Å². The maximum atomic E-state index is 12.8. The Morgan fingerprint density at radius 2 is 2.00 bits per heavy atom. The molecule has 4 heterocycles. The number of amides is 1. The van der Waals surface area contributed by atoms with Gasteiger partial charge in [0.15, 0.2) is 0 Å². The number of nitrogens with zero attached hydrogens (tertiary/aromatic N) is 5. The van der Waals surface area contributed by atoms with Crippen molar-refractivity contribution in [3.05, 3.63) is 47.2 Å². The third kappa shape index (κ3) is 3.64. The molecule has 27 heavy (non-hydrogen) atoms. The fraction of sp³-hybridized carbons (Fsp3) is 0.500. The highest BCUT2D eigenvalue weighted by molar-refractivity contribution is 5.92. The van der Waals surface area contributed by atoms with E-state index in [-0.39, 0.29) is 5.91 Å². The molecule has 0 aliphatic carbocycles. The minimum atomic E-state index is -0.0355. The molecule has 7 heteroatoms. The Hall–Kier alpha value is -2.54. The Kier molecular flexibility index (Phi) is 5.03. The minimum absolute atomic E-state index is 0.0355. The Balaban J connectivity index is 1.60. The molecule has 142 valence electrons. The van der Waals surface area contributed by atoms with Crippen molar-refractivity contribution >= 4 is 11.7 Å². The number of carbonyl (C=O) groups is 1. The molecule has 0 atom stereocenters. The van der Waals surface area contributed by atoms with Crippen LogP contribution >= 0.6 is 0 Å². The fourth-order valence-corrected chi connectivity index (χ4v) is 3.93. The molecule has 0 unspecified atom stereocenters. The predicted molar refractivity (Wildman–Crippen MR) is 104 cm³/mol. The van der Waals surface area contributed by atoms with Crippen LogP contribution in [0.25, 0.3) is 0 Å². The molecule has 7 nitrogen and oxygen atoms in total. The quantitative estimate of drug-likeness (QED) is 0.895. The predicted octanol–water partition coefficient (Wildman–Crippen LogP) is 1.92. The first-order chi connectivity index (χ1) is 13.2. The number of anilines is 1. The van der Waals surface area contributed by atoms with E-state index in [1.165, 1.54) is 0 Å². The maximum Gasteiger partial charge on any atom is 0.272 e. The van der Waals surface area contributed by atoms with E-state index >= 15 is 0 Å². The number of piperidine rings is 1. The molecule has 1 N–H and O–H groups in total. The second kappa shape index (κ2) is 7.60. The molecular formula is C20H26N6O. The van der Waals surface area contributed by atoms with Crippen LogP contribution in [-0.2, 0) is 13.0 Å². The first kappa shape index (κ1) is 17.9. The van der Waals surface area contributed by atoms with Gasteiger partial charge in [0.1, 0.15) is 17.3 Å². The second-order valence-corrected chi connectivity index (χ2v) is 7.37. The molecule has 0 aromatic carbocycles. The molecule has 1 fully saturated rings. The van der Waals surface area contributed by atoms with Gasteiger partial charge in [-0.3, -0.25) is 9.78 Å². The molecule has 1 amide bonds. The average Bonchev–Trinajstić information content (AvgIpc) is 2.73. The van der Waals surface area contributed by atoms with Crippen molar-refractivity contribution in [1.82, 2.24) is 24.8 Å². The highest BCUT2D eigenvalue weighted by atomic mass is 16.2. The summed E-state index contributed by atoms with van der Waals surface area (Å²) in [6.45, 7) is 3.32. The van der Waals surface area contributed by atoms with E-state index in [9.17, 15) is 4.79 Å². The Morgan fingerprint density at radius 3 is 2.70 bits per heavy atom. The van der Waals surface area contributed by atoms with Gasteiger partial charge in [0.25, 0.3) is 5.91 Å². The molecule has 2 aromatic rings. The van der Waals surface area contributed by atoms with Crippen molar-refractivity contribution in [2.45, 2.75) is 31.7 Å². The lowest BCUT2D eigenvalue weighted by Gasteiger charge is -2.31. The van der Waals surface area contributed by atoms with Crippen LogP contribution in [0.4, 0.5) is 5.82 Å². The number of rotatable bonds is 3. The first-order valence-corrected chi connectivity index (χ1v) is 9.62. The van der Waals surface area contributed by atoms with Gasteiger partial charge in [-0.05, 0) is 51.5 Å². The first-order valence-electron chi connectivity index (χ1n) is 9.62. The van der Waals surface area contributed by atoms with E-state index in [0.717, 1.165) is 55.3 Å². The number of likely N-dealkylation sites (tertiary alicyclic amines) is 1. The van der Waals surface area contributed by atoms with Crippen molar-refractivity contribution in [1.29, 1.82) is 0 Å². The summed E-state index contributed by atoms with van der Waals surface area (Å²) in [5.41, 5.74) is 2.59. The van der Waals surface area contributed by atoms with Gasteiger partial charge < -0.3 is 15.1 Å². The molecule has 0 spiro atoms. The van der Waals surface area contributed by atoms with E-state index in [2.05, 4.69) is 22.2 Å². The number of hydrogen-bond acceptors (Lipinski definition) is 6. The van der Waals surface area contributed by atoms with Crippen molar-refractivity contribution < 1.29 is 4.79 Å². The number of nitrogens with one attached hydrogen (secondary N) is 1. The molecule has 2 aromatic heterocycles. The van der Waals surface area contributed by atoms with E-state index in [1.54, 1.807) is 12.3 Å². The van der Waals surface area contributed by atoms with Gasteiger partial charge in [-0.25, -0.2) is 9.97 Å². The van der Waals surface area contributed by atoms with Gasteiger partial charge in [0, 0.05) is 31.3 Å². The monoisotopic (exact) mass is 366 g/mol. The van der Waals surface area contributed by atoms with Gasteiger partial charge in [-0.1, -0.05) is 6.07 Å². The van der Waals surface area contributed by atoms with Crippen molar-refractivity contribution in [3.63, 3.8) is 0 Å². The molecule has 0 radical (unpaired) electrons. The van der Waals surface area contributed by atoms with Gasteiger partial charge in [-0.2, -0.15) is 0 Å². The number of fused-ring (bicyclic) bond motifs is 1. The summed E-state index contributed by atoms with van der Waals surface area (Å²) in [6, 6.07) is 5.43. The normalized spacial score (nSPS) is 18.2. The minimum Gasteiger partial charge on any atom is -0.373 e. The fourth-order valence-electron chi connectivity index (χ4n) is 3.93. The topological polar surface area (TPSA) is 74.2 Å². The average molecular weight is 366 g/mol. The van der Waals surface area contributed by atoms with Crippen LogP contribution in [-0.4, -0.2) is 64.4 Å². The van der Waals surface area contributed by atoms with E-state index in [4.69, 9.17) is 9.97 Å². The molecule has 1 saturated heterocycles. The summed E-state index contributed by atoms with van der Waals surface area (Å²) >= 11 is 0. The third-order valence-corrected chi connectivity index (χ3v) is 5.57. The molecule has 2 aliphatic rings. The van der Waals surface area contributed by atoms with E-state index in [0.29, 0.717) is 24.7 Å². The summed E-state index contributed by atoms with van der Waals surface area (Å²) < 4.78 is 0. The van der Waals surface area contributed by atoms with Gasteiger partial charge in [0.2, 0.25) is 0 Å². The van der Waals surface area contributed by atoms with Crippen LogP contribution in [0.2, 0.25) is 0 Å². The lowest BCUT2D eigenvalue weighted by Crippen LogP contribution is -2.38. The zero-order valence-electron chi connectivity index (χ0n) is 16.0. The summed E-state index contributed by atoms with van der Waals surface area (Å²) in [4.78, 5) is 30.9. The van der Waals surface area contributed by atoms with Crippen LogP contribution in [0, 0.1) is 0 Å². The van der Waals surface area contributed by atoms with Gasteiger partial charge in [0.05, 0.1) is 12.2 Å². The second-order valence-electron chi connectivity index (χ2n) is 7.37. The Labute approximate surface area is 159 Å². The number of hydrogen-bond donors (Lipinski definition) is 1. The molecular weight excluding hydrogens is 340 g/mol. The molecule has 4 rings (SSSR count). The number of carbonyl (C=O) groups excluding carboxylic acids is 1. The van der Waals surface area contributed by atoms with Crippen LogP contribution in [0.1, 0.15) is 46.3 Å². The standard InChI is InChI=1S/C20H26N6O/c1-21-19-15-8-12-26(20(27)16-5-3-4-9-22-16)13-17(15)23-18(24-19)14-6-10-25(2)11-7-14/h3-5,9,14H,6-8,10-13H2,1-2H3,(H,21,23,24). The zero-order chi connectivity index (χ0) is 18.8. The number of aromatic nitrogens is 3. The maximum absolute atomic E-state index is 12.8. The van der Waals surface area contributed by atoms with Crippen molar-refractivity contribution in [3.8, 4) is 0 Å². The molecule has 0 bridgehead atoms. The van der Waals surface area contributed by atoms with Crippen molar-refractivity contribution in [2.24, 2.45) is 0 Å². The molecule has 0 saturated carbocycles. The Morgan fingerprint density at radius 1 is 1.19 bits per heavy atom. The van der Waals surface area contributed by atoms with Crippen LogP contribution in [0.15, 0.2) is 24.4 Å². The Bertz CT molecular complexity index is 817. The molecule has 2 aliphatic heterocycles. The van der Waals surface area contributed by atoms with Crippen LogP contribution in [0.5, 0.6) is 0 Å². The summed E-state index contributed by atoms with van der Waals surface area (Å²) in [5.74, 6) is 2.18. The highest BCUT2D eigenvalue weighted by Crippen LogP contribution is 2.30. The summed E-state index contributed by atoms with van der Waals surface area (Å²) in [6.07, 6.45) is 4.58. The largest absolute Gasteiger partial charge is 0.373 e. The van der Waals surface area contributed by atoms with Crippen LogP contribution < -0.4 is 5.32 Å². The number of pyridine rings is 1. The zero-order valence-corrected chi connectivity index (χ0v) is 16.0. The summed E-state index contributed by atoms with van der Waals surface area (Å²) in [5, 5.41) is 3.24. The smallest absolute Gasteiger partial charge is 0.272 e. The van der Waals surface area contributed by atoms with Crippen LogP contribution in [0.3, 0.4) is 0 Å². The third-order valence-electron chi connectivity index (χ3n) is 5.57. The summed E-state index contributed by atoms with van der Waals surface area (Å²) in [7, 11) is 4.07. The van der Waals surface area contributed by atoms with Gasteiger partial charge >= 0.3 is 0 Å². The van der Waals surface area contributed by atoms with Gasteiger partial charge in [-0.15, -0.1) is 0 Å².